The SMILES string of the molecule is C=CCN1C[C@@H](COCc2ccccc2)[C@@H]1CO[Si](c1ccccc1)(c1ccccc1)C(C)(C)C. The predicted octanol–water partition coefficient (Wildman–Crippen LogP) is 5.27. The second-order valence-electron chi connectivity index (χ2n) is 10.5. The quantitative estimate of drug-likeness (QED) is 0.273. The summed E-state index contributed by atoms with van der Waals surface area (Å²) in [5.74, 6) is 0.455. The fourth-order valence-electron chi connectivity index (χ4n) is 5.37. The van der Waals surface area contributed by atoms with Crippen molar-refractivity contribution in [2.24, 2.45) is 5.92 Å². The van der Waals surface area contributed by atoms with E-state index in [2.05, 4.69) is 117 Å². The van der Waals surface area contributed by atoms with Gasteiger partial charge in [-0.1, -0.05) is 118 Å². The highest BCUT2D eigenvalue weighted by Crippen LogP contribution is 2.38. The van der Waals surface area contributed by atoms with Gasteiger partial charge in [-0.25, -0.2) is 0 Å². The lowest BCUT2D eigenvalue weighted by Crippen LogP contribution is -2.69. The van der Waals surface area contributed by atoms with E-state index in [0.717, 1.165) is 19.7 Å². The second-order valence-corrected chi connectivity index (χ2v) is 14.9. The van der Waals surface area contributed by atoms with Crippen LogP contribution in [0.4, 0.5) is 0 Å². The van der Waals surface area contributed by atoms with Crippen molar-refractivity contribution >= 4 is 18.7 Å². The third-order valence-electron chi connectivity index (χ3n) is 7.18. The fraction of sp³-hybridized carbons (Fsp3) is 0.355. The van der Waals surface area contributed by atoms with Crippen molar-refractivity contribution in [1.82, 2.24) is 4.90 Å². The second kappa shape index (κ2) is 11.5. The first-order chi connectivity index (χ1) is 17.0. The van der Waals surface area contributed by atoms with Crippen LogP contribution in [0.15, 0.2) is 104 Å². The summed E-state index contributed by atoms with van der Waals surface area (Å²) in [7, 11) is -2.55. The van der Waals surface area contributed by atoms with E-state index in [1.54, 1.807) is 0 Å². The molecule has 0 aromatic heterocycles. The molecule has 184 valence electrons. The van der Waals surface area contributed by atoms with Crippen LogP contribution in [0, 0.1) is 5.92 Å². The predicted molar refractivity (Wildman–Crippen MR) is 149 cm³/mol. The van der Waals surface area contributed by atoms with Crippen LogP contribution < -0.4 is 10.4 Å². The maximum Gasteiger partial charge on any atom is 0.261 e. The van der Waals surface area contributed by atoms with Crippen molar-refractivity contribution in [2.45, 2.75) is 38.5 Å². The van der Waals surface area contributed by atoms with Gasteiger partial charge in [0.05, 0.1) is 19.8 Å². The maximum atomic E-state index is 7.25. The Morgan fingerprint density at radius 1 is 0.857 bits per heavy atom. The molecule has 1 aliphatic heterocycles. The molecule has 0 saturated carbocycles. The largest absolute Gasteiger partial charge is 0.406 e. The molecule has 0 bridgehead atoms. The van der Waals surface area contributed by atoms with Gasteiger partial charge in [-0.3, -0.25) is 4.90 Å². The van der Waals surface area contributed by atoms with Gasteiger partial charge < -0.3 is 9.16 Å². The standard InChI is InChI=1S/C31H39NO2Si/c1-5-21-32-22-27(24-33-23-26-15-9-6-10-16-26)30(32)25-34-35(31(2,3)4,28-17-11-7-12-18-28)29-19-13-8-14-20-29/h5-20,27,30H,1,21-25H2,2-4H3/t27-,30-/m0/s1. The van der Waals surface area contributed by atoms with Crippen molar-refractivity contribution in [3.63, 3.8) is 0 Å². The number of likely N-dealkylation sites (tertiary alicyclic amines) is 1. The lowest BCUT2D eigenvalue weighted by Gasteiger charge is -2.50. The van der Waals surface area contributed by atoms with Gasteiger partial charge in [0.15, 0.2) is 0 Å². The van der Waals surface area contributed by atoms with E-state index in [-0.39, 0.29) is 5.04 Å². The molecule has 0 amide bonds. The number of rotatable bonds is 11. The van der Waals surface area contributed by atoms with Crippen molar-refractivity contribution in [1.29, 1.82) is 0 Å². The lowest BCUT2D eigenvalue weighted by atomic mass is 9.90. The summed E-state index contributed by atoms with van der Waals surface area (Å²) in [6.45, 7) is 15.0. The topological polar surface area (TPSA) is 21.7 Å². The first-order valence-corrected chi connectivity index (χ1v) is 14.6. The zero-order chi connectivity index (χ0) is 24.7. The monoisotopic (exact) mass is 485 g/mol. The number of ether oxygens (including phenoxy) is 1. The highest BCUT2D eigenvalue weighted by atomic mass is 28.4. The van der Waals surface area contributed by atoms with Gasteiger partial charge in [0, 0.05) is 25.0 Å². The molecular weight excluding hydrogens is 446 g/mol. The average Bonchev–Trinajstić information content (AvgIpc) is 2.86. The van der Waals surface area contributed by atoms with E-state index in [1.807, 2.05) is 12.1 Å². The van der Waals surface area contributed by atoms with Crippen LogP contribution in [-0.4, -0.2) is 45.6 Å². The Morgan fingerprint density at radius 3 is 1.91 bits per heavy atom. The number of hydrogen-bond acceptors (Lipinski definition) is 3. The molecule has 0 aliphatic carbocycles. The minimum absolute atomic E-state index is 0.0258. The summed E-state index contributed by atoms with van der Waals surface area (Å²) in [5, 5.41) is 2.62. The summed E-state index contributed by atoms with van der Waals surface area (Å²) >= 11 is 0. The van der Waals surface area contributed by atoms with Crippen LogP contribution in [0.1, 0.15) is 26.3 Å². The molecule has 3 aromatic rings. The molecule has 0 radical (unpaired) electrons. The van der Waals surface area contributed by atoms with Crippen molar-refractivity contribution in [3.05, 3.63) is 109 Å². The lowest BCUT2D eigenvalue weighted by molar-refractivity contribution is -0.0552. The molecule has 1 fully saturated rings. The molecule has 3 aromatic carbocycles. The number of hydrogen-bond donors (Lipinski definition) is 0. The molecule has 0 N–H and O–H groups in total. The van der Waals surface area contributed by atoms with Crippen molar-refractivity contribution < 1.29 is 9.16 Å². The third-order valence-corrected chi connectivity index (χ3v) is 12.2. The van der Waals surface area contributed by atoms with E-state index in [9.17, 15) is 0 Å². The summed E-state index contributed by atoms with van der Waals surface area (Å²) in [5.41, 5.74) is 1.22. The normalized spacial score (nSPS) is 18.7. The summed E-state index contributed by atoms with van der Waals surface area (Å²) in [6, 6.07) is 32.5. The highest BCUT2D eigenvalue weighted by molar-refractivity contribution is 6.99. The van der Waals surface area contributed by atoms with Crippen molar-refractivity contribution in [2.75, 3.05) is 26.3 Å². The van der Waals surface area contributed by atoms with E-state index in [0.29, 0.717) is 25.2 Å². The molecule has 1 aliphatic rings. The van der Waals surface area contributed by atoms with Crippen LogP contribution in [0.5, 0.6) is 0 Å². The number of nitrogens with zero attached hydrogens (tertiary/aromatic N) is 1. The summed E-state index contributed by atoms with van der Waals surface area (Å²) < 4.78 is 13.4. The van der Waals surface area contributed by atoms with Gasteiger partial charge in [0.25, 0.3) is 8.32 Å². The summed E-state index contributed by atoms with van der Waals surface area (Å²) in [4.78, 5) is 2.47. The Hall–Kier alpha value is -2.50. The number of benzene rings is 3. The first-order valence-electron chi connectivity index (χ1n) is 12.7. The maximum absolute atomic E-state index is 7.25. The Bertz CT molecular complexity index is 1010. The van der Waals surface area contributed by atoms with E-state index in [1.165, 1.54) is 15.9 Å². The van der Waals surface area contributed by atoms with Gasteiger partial charge in [0.2, 0.25) is 0 Å². The van der Waals surface area contributed by atoms with E-state index < -0.39 is 8.32 Å². The average molecular weight is 486 g/mol. The van der Waals surface area contributed by atoms with Gasteiger partial charge in [-0.2, -0.15) is 0 Å². The molecule has 4 rings (SSSR count). The van der Waals surface area contributed by atoms with Gasteiger partial charge >= 0.3 is 0 Å². The molecule has 35 heavy (non-hydrogen) atoms. The molecule has 0 spiro atoms. The van der Waals surface area contributed by atoms with Crippen molar-refractivity contribution in [3.8, 4) is 0 Å². The Morgan fingerprint density at radius 2 is 1.40 bits per heavy atom. The van der Waals surface area contributed by atoms with Gasteiger partial charge in [-0.15, -0.1) is 6.58 Å². The van der Waals surface area contributed by atoms with Gasteiger partial charge in [0.1, 0.15) is 0 Å². The minimum atomic E-state index is -2.55. The molecule has 2 atom stereocenters. The van der Waals surface area contributed by atoms with Crippen LogP contribution in [0.2, 0.25) is 5.04 Å². The van der Waals surface area contributed by atoms with Gasteiger partial charge in [-0.05, 0) is 21.0 Å². The minimum Gasteiger partial charge on any atom is -0.406 e. The zero-order valence-corrected chi connectivity index (χ0v) is 22.4. The van der Waals surface area contributed by atoms with E-state index >= 15 is 0 Å². The van der Waals surface area contributed by atoms with Crippen LogP contribution in [-0.2, 0) is 15.8 Å². The molecular formula is C31H39NO2Si. The zero-order valence-electron chi connectivity index (χ0n) is 21.4. The summed E-state index contributed by atoms with van der Waals surface area (Å²) in [6.07, 6.45) is 2.00. The van der Waals surface area contributed by atoms with Crippen LogP contribution >= 0.6 is 0 Å². The molecule has 1 heterocycles. The fourth-order valence-corrected chi connectivity index (χ4v) is 9.95. The van der Waals surface area contributed by atoms with Crippen LogP contribution in [0.3, 0.4) is 0 Å². The Kier molecular flexibility index (Phi) is 8.40. The third kappa shape index (κ3) is 5.67. The van der Waals surface area contributed by atoms with Crippen LogP contribution in [0.25, 0.3) is 0 Å². The molecule has 3 nitrogen and oxygen atoms in total. The molecule has 4 heteroatoms. The molecule has 1 saturated heterocycles. The Labute approximate surface area is 212 Å². The smallest absolute Gasteiger partial charge is 0.261 e. The van der Waals surface area contributed by atoms with E-state index in [4.69, 9.17) is 9.16 Å². The Balaban J connectivity index is 1.55. The highest BCUT2D eigenvalue weighted by Gasteiger charge is 2.51. The molecule has 0 unspecified atom stereocenters. The first kappa shape index (κ1) is 25.6.